The van der Waals surface area contributed by atoms with E-state index in [1.54, 1.807) is 13.8 Å². The van der Waals surface area contributed by atoms with Crippen LogP contribution in [0.2, 0.25) is 0 Å². The van der Waals surface area contributed by atoms with Crippen LogP contribution < -0.4 is 11.1 Å². The number of carbonyl (C=O) groups excluding carboxylic acids is 1. The lowest BCUT2D eigenvalue weighted by Crippen LogP contribution is -2.49. The first-order chi connectivity index (χ1) is 12.7. The highest BCUT2D eigenvalue weighted by Gasteiger charge is 2.35. The number of amides is 1. The van der Waals surface area contributed by atoms with E-state index in [9.17, 15) is 23.3 Å². The molecule has 0 bridgehead atoms. The van der Waals surface area contributed by atoms with Crippen molar-refractivity contribution in [3.63, 3.8) is 0 Å². The zero-order chi connectivity index (χ0) is 20.2. The number of benzene rings is 1. The van der Waals surface area contributed by atoms with Gasteiger partial charge in [0.2, 0.25) is 15.9 Å². The number of nitrogens with one attached hydrogen (secondary N) is 1. The minimum atomic E-state index is -3.92. The molecule has 1 unspecified atom stereocenters. The van der Waals surface area contributed by atoms with Gasteiger partial charge in [-0.15, -0.1) is 12.4 Å². The van der Waals surface area contributed by atoms with Crippen LogP contribution >= 0.6 is 12.4 Å². The lowest BCUT2D eigenvalue weighted by Gasteiger charge is -2.35. The molecular weight excluding hydrogens is 408 g/mol. The fourth-order valence-corrected chi connectivity index (χ4v) is 5.29. The maximum absolute atomic E-state index is 13.2. The number of aryl methyl sites for hydroxylation is 2. The molecule has 1 aliphatic heterocycles. The minimum absolute atomic E-state index is 0. The molecule has 11 heteroatoms. The quantitative estimate of drug-likeness (QED) is 0.494. The van der Waals surface area contributed by atoms with Gasteiger partial charge in [-0.1, -0.05) is 6.42 Å². The van der Waals surface area contributed by atoms with Gasteiger partial charge in [0.05, 0.1) is 9.82 Å². The molecular formula is C17H27ClN4O5S. The van der Waals surface area contributed by atoms with E-state index < -0.39 is 14.9 Å². The van der Waals surface area contributed by atoms with Crippen LogP contribution in [0.4, 0.5) is 5.69 Å². The second kappa shape index (κ2) is 10.1. The van der Waals surface area contributed by atoms with E-state index in [4.69, 9.17) is 5.73 Å². The summed E-state index contributed by atoms with van der Waals surface area (Å²) in [4.78, 5) is 22.3. The van der Waals surface area contributed by atoms with Crippen LogP contribution in [-0.4, -0.2) is 49.2 Å². The number of hydrogen-bond donors (Lipinski definition) is 2. The van der Waals surface area contributed by atoms with Gasteiger partial charge in [-0.2, -0.15) is 4.31 Å². The van der Waals surface area contributed by atoms with E-state index in [-0.39, 0.29) is 54.4 Å². The van der Waals surface area contributed by atoms with Crippen molar-refractivity contribution in [2.45, 2.75) is 50.5 Å². The zero-order valence-electron chi connectivity index (χ0n) is 16.0. The number of sulfonamides is 1. The van der Waals surface area contributed by atoms with Crippen LogP contribution in [-0.2, 0) is 14.8 Å². The maximum Gasteiger partial charge on any atom is 0.273 e. The Hall–Kier alpha value is -1.75. The van der Waals surface area contributed by atoms with Crippen LogP contribution in [0.5, 0.6) is 0 Å². The van der Waals surface area contributed by atoms with E-state index in [1.165, 1.54) is 10.4 Å². The first-order valence-electron chi connectivity index (χ1n) is 8.92. The van der Waals surface area contributed by atoms with Gasteiger partial charge in [-0.05, 0) is 38.3 Å². The Morgan fingerprint density at radius 1 is 1.32 bits per heavy atom. The topological polar surface area (TPSA) is 136 Å². The van der Waals surface area contributed by atoms with Crippen LogP contribution in [0.3, 0.4) is 0 Å². The molecule has 9 nitrogen and oxygen atoms in total. The van der Waals surface area contributed by atoms with E-state index >= 15 is 0 Å². The number of carbonyl (C=O) groups is 1. The summed E-state index contributed by atoms with van der Waals surface area (Å²) in [7, 11) is -3.92. The largest absolute Gasteiger partial charge is 0.354 e. The number of nitrogens with two attached hydrogens (primary N) is 1. The Bertz CT molecular complexity index is 831. The van der Waals surface area contributed by atoms with Crippen molar-refractivity contribution in [3.05, 3.63) is 33.4 Å². The van der Waals surface area contributed by atoms with Gasteiger partial charge >= 0.3 is 0 Å². The van der Waals surface area contributed by atoms with Crippen LogP contribution in [0.1, 0.15) is 36.8 Å². The maximum atomic E-state index is 13.2. The highest BCUT2D eigenvalue weighted by Crippen LogP contribution is 2.31. The zero-order valence-corrected chi connectivity index (χ0v) is 17.6. The summed E-state index contributed by atoms with van der Waals surface area (Å²) < 4.78 is 27.9. The monoisotopic (exact) mass is 434 g/mol. The molecule has 1 aromatic rings. The van der Waals surface area contributed by atoms with Crippen LogP contribution in [0, 0.1) is 24.0 Å². The number of nitrogens with zero attached hydrogens (tertiary/aromatic N) is 2. The third kappa shape index (κ3) is 5.40. The molecule has 0 spiro atoms. The van der Waals surface area contributed by atoms with Crippen molar-refractivity contribution in [3.8, 4) is 0 Å². The van der Waals surface area contributed by atoms with E-state index in [1.807, 2.05) is 0 Å². The molecule has 0 aromatic heterocycles. The molecule has 3 N–H and O–H groups in total. The summed E-state index contributed by atoms with van der Waals surface area (Å²) in [6, 6.07) is 2.27. The van der Waals surface area contributed by atoms with E-state index in [0.29, 0.717) is 30.5 Å². The van der Waals surface area contributed by atoms with Gasteiger partial charge in [0.25, 0.3) is 5.69 Å². The Morgan fingerprint density at radius 2 is 2.00 bits per heavy atom. The highest BCUT2D eigenvalue weighted by atomic mass is 35.5. The highest BCUT2D eigenvalue weighted by molar-refractivity contribution is 7.89. The molecule has 1 heterocycles. The molecule has 28 heavy (non-hydrogen) atoms. The number of halogens is 1. The van der Waals surface area contributed by atoms with Crippen molar-refractivity contribution in [1.82, 2.24) is 9.62 Å². The normalized spacial score (nSPS) is 17.6. The van der Waals surface area contributed by atoms with Gasteiger partial charge < -0.3 is 11.1 Å². The summed E-state index contributed by atoms with van der Waals surface area (Å²) in [5.41, 5.74) is 6.02. The molecule has 0 aliphatic carbocycles. The van der Waals surface area contributed by atoms with Crippen molar-refractivity contribution >= 4 is 34.0 Å². The Balaban J connectivity index is 0.00000392. The molecule has 1 aliphatic rings. The van der Waals surface area contributed by atoms with Gasteiger partial charge in [-0.25, -0.2) is 8.42 Å². The number of piperidine rings is 1. The molecule has 0 saturated carbocycles. The van der Waals surface area contributed by atoms with Crippen molar-refractivity contribution < 1.29 is 18.1 Å². The minimum Gasteiger partial charge on any atom is -0.354 e. The van der Waals surface area contributed by atoms with Crippen molar-refractivity contribution in [2.75, 3.05) is 19.6 Å². The molecule has 1 atom stereocenters. The summed E-state index contributed by atoms with van der Waals surface area (Å²) >= 11 is 0. The molecule has 2 rings (SSSR count). The Labute approximate surface area is 171 Å². The lowest BCUT2D eigenvalue weighted by atomic mass is 10.1. The predicted molar refractivity (Wildman–Crippen MR) is 108 cm³/mol. The van der Waals surface area contributed by atoms with Gasteiger partial charge in [0, 0.05) is 43.7 Å². The average Bonchev–Trinajstić information content (AvgIpc) is 2.60. The summed E-state index contributed by atoms with van der Waals surface area (Å²) in [5, 5.41) is 14.0. The smallest absolute Gasteiger partial charge is 0.273 e. The Morgan fingerprint density at radius 3 is 2.61 bits per heavy atom. The van der Waals surface area contributed by atoms with Crippen LogP contribution in [0.25, 0.3) is 0 Å². The molecule has 1 fully saturated rings. The first kappa shape index (κ1) is 24.3. The molecule has 1 aromatic carbocycles. The summed E-state index contributed by atoms with van der Waals surface area (Å²) in [6.45, 7) is 3.96. The number of nitro groups is 1. The predicted octanol–water partition coefficient (Wildman–Crippen LogP) is 1.64. The molecule has 158 valence electrons. The second-order valence-electron chi connectivity index (χ2n) is 6.77. The van der Waals surface area contributed by atoms with Gasteiger partial charge in [0.15, 0.2) is 0 Å². The fraction of sp³-hybridized carbons (Fsp3) is 0.588. The third-order valence-electron chi connectivity index (χ3n) is 4.76. The second-order valence-corrected chi connectivity index (χ2v) is 8.63. The molecule has 1 amide bonds. The Kier molecular flexibility index (Phi) is 8.80. The number of hydrogen-bond acceptors (Lipinski definition) is 6. The standard InChI is InChI=1S/C17H26N4O5S.ClH/c1-12-9-13(2)16(10-15(12)21(23)24)27(25,26)20-8-4-3-5-14(20)11-19-17(22)6-7-18;/h9-10,14H,3-8,11,18H2,1-2H3,(H,19,22);1H. The SMILES string of the molecule is Cc1cc(C)c(S(=O)(=O)N2CCCCC2CNC(=O)CCN)cc1[N+](=O)[O-].Cl. The molecule has 1 saturated heterocycles. The average molecular weight is 435 g/mol. The first-order valence-corrected chi connectivity index (χ1v) is 10.4. The van der Waals surface area contributed by atoms with E-state index in [0.717, 1.165) is 12.5 Å². The van der Waals surface area contributed by atoms with Crippen molar-refractivity contribution in [2.24, 2.45) is 5.73 Å². The molecule has 0 radical (unpaired) electrons. The lowest BCUT2D eigenvalue weighted by molar-refractivity contribution is -0.385. The number of rotatable bonds is 7. The fourth-order valence-electron chi connectivity index (χ4n) is 3.37. The summed E-state index contributed by atoms with van der Waals surface area (Å²) in [6.07, 6.45) is 2.37. The van der Waals surface area contributed by atoms with E-state index in [2.05, 4.69) is 5.32 Å². The summed E-state index contributed by atoms with van der Waals surface area (Å²) in [5.74, 6) is -0.220. The third-order valence-corrected chi connectivity index (χ3v) is 6.85. The van der Waals surface area contributed by atoms with Crippen molar-refractivity contribution in [1.29, 1.82) is 0 Å². The number of nitro benzene ring substituents is 1. The van der Waals surface area contributed by atoms with Crippen LogP contribution in [0.15, 0.2) is 17.0 Å². The van der Waals surface area contributed by atoms with Gasteiger partial charge in [-0.3, -0.25) is 14.9 Å². The van der Waals surface area contributed by atoms with Gasteiger partial charge in [0.1, 0.15) is 0 Å².